The van der Waals surface area contributed by atoms with Crippen LogP contribution >= 0.6 is 0 Å². The zero-order valence-corrected chi connectivity index (χ0v) is 19.6. The van der Waals surface area contributed by atoms with Crippen LogP contribution in [-0.2, 0) is 14.8 Å². The molecule has 2 atom stereocenters. The molecule has 0 bridgehead atoms. The third-order valence-electron chi connectivity index (χ3n) is 5.87. The molecule has 0 spiro atoms. The highest BCUT2D eigenvalue weighted by Gasteiger charge is 2.36. The minimum atomic E-state index is -3.57. The second-order valence-electron chi connectivity index (χ2n) is 7.75. The lowest BCUT2D eigenvalue weighted by Gasteiger charge is -2.29. The van der Waals surface area contributed by atoms with Gasteiger partial charge in [-0.05, 0) is 50.1 Å². The van der Waals surface area contributed by atoms with Crippen molar-refractivity contribution in [2.45, 2.75) is 44.2 Å². The quantitative estimate of drug-likeness (QED) is 0.489. The van der Waals surface area contributed by atoms with Crippen LogP contribution in [0.1, 0.15) is 38.8 Å². The largest absolute Gasteiger partial charge is 0.491 e. The number of nitrogens with zero attached hydrogens (tertiary/aromatic N) is 2. The standard InChI is InChI=1S/C24H34N2O4S/c1-4-26(22-15-16-25(19-22)20(3)21-9-7-6-8-10-21)31(27,28)24-13-11-23(12-14-24)30-18-17-29-5-2/h6-14,20,22H,4-5,15-19H2,1-3H3. The van der Waals surface area contributed by atoms with Crippen LogP contribution in [0.25, 0.3) is 0 Å². The van der Waals surface area contributed by atoms with E-state index in [1.807, 2.05) is 32.0 Å². The summed E-state index contributed by atoms with van der Waals surface area (Å²) in [7, 11) is -3.57. The molecule has 2 unspecified atom stereocenters. The summed E-state index contributed by atoms with van der Waals surface area (Å²) in [6, 6.07) is 17.3. The number of hydrogen-bond acceptors (Lipinski definition) is 5. The molecule has 1 aliphatic rings. The van der Waals surface area contributed by atoms with Gasteiger partial charge in [-0.15, -0.1) is 0 Å². The summed E-state index contributed by atoms with van der Waals surface area (Å²) in [5.41, 5.74) is 1.26. The van der Waals surface area contributed by atoms with Gasteiger partial charge in [0.05, 0.1) is 11.5 Å². The molecule has 7 heteroatoms. The Labute approximate surface area is 186 Å². The summed E-state index contributed by atoms with van der Waals surface area (Å²) in [4.78, 5) is 2.68. The number of likely N-dealkylation sites (N-methyl/N-ethyl adjacent to an activating group) is 1. The van der Waals surface area contributed by atoms with E-state index >= 15 is 0 Å². The average molecular weight is 447 g/mol. The molecule has 1 heterocycles. The zero-order chi connectivity index (χ0) is 22.3. The van der Waals surface area contributed by atoms with E-state index in [0.717, 1.165) is 19.5 Å². The fraction of sp³-hybridized carbons (Fsp3) is 0.500. The van der Waals surface area contributed by atoms with Crippen molar-refractivity contribution in [2.24, 2.45) is 0 Å². The molecule has 0 aliphatic carbocycles. The van der Waals surface area contributed by atoms with Crippen molar-refractivity contribution in [3.8, 4) is 5.75 Å². The van der Waals surface area contributed by atoms with E-state index in [1.165, 1.54) is 5.56 Å². The molecule has 0 aromatic heterocycles. The first kappa shape index (κ1) is 23.7. The minimum Gasteiger partial charge on any atom is -0.491 e. The molecule has 2 aromatic carbocycles. The highest BCUT2D eigenvalue weighted by Crippen LogP contribution is 2.29. The third-order valence-corrected chi connectivity index (χ3v) is 7.92. The van der Waals surface area contributed by atoms with Gasteiger partial charge in [0.25, 0.3) is 0 Å². The predicted octanol–water partition coefficient (Wildman–Crippen LogP) is 3.95. The monoisotopic (exact) mass is 446 g/mol. The molecule has 1 saturated heterocycles. The second kappa shape index (κ2) is 11.1. The number of benzene rings is 2. The molecule has 1 fully saturated rings. The fourth-order valence-corrected chi connectivity index (χ4v) is 5.78. The highest BCUT2D eigenvalue weighted by atomic mass is 32.2. The lowest BCUT2D eigenvalue weighted by atomic mass is 10.1. The van der Waals surface area contributed by atoms with Crippen molar-refractivity contribution < 1.29 is 17.9 Å². The SMILES string of the molecule is CCOCCOc1ccc(S(=O)(=O)N(CC)C2CCN(C(C)c3ccccc3)C2)cc1. The van der Waals surface area contributed by atoms with Crippen molar-refractivity contribution in [3.63, 3.8) is 0 Å². The first-order valence-corrected chi connectivity index (χ1v) is 12.5. The molecule has 170 valence electrons. The molecule has 0 radical (unpaired) electrons. The van der Waals surface area contributed by atoms with Crippen LogP contribution in [0.2, 0.25) is 0 Å². The Kier molecular flexibility index (Phi) is 8.49. The normalized spacial score (nSPS) is 18.4. The molecule has 31 heavy (non-hydrogen) atoms. The summed E-state index contributed by atoms with van der Waals surface area (Å²) in [5, 5.41) is 0. The summed E-state index contributed by atoms with van der Waals surface area (Å²) in [5.74, 6) is 0.644. The minimum absolute atomic E-state index is 0.0247. The van der Waals surface area contributed by atoms with E-state index in [4.69, 9.17) is 9.47 Å². The van der Waals surface area contributed by atoms with Crippen LogP contribution in [-0.4, -0.2) is 63.1 Å². The van der Waals surface area contributed by atoms with Crippen LogP contribution in [0.15, 0.2) is 59.5 Å². The highest BCUT2D eigenvalue weighted by molar-refractivity contribution is 7.89. The van der Waals surface area contributed by atoms with Crippen molar-refractivity contribution in [1.29, 1.82) is 0 Å². The first-order valence-electron chi connectivity index (χ1n) is 11.1. The second-order valence-corrected chi connectivity index (χ2v) is 9.64. The van der Waals surface area contributed by atoms with E-state index in [0.29, 0.717) is 37.0 Å². The molecule has 0 amide bonds. The van der Waals surface area contributed by atoms with Crippen LogP contribution < -0.4 is 4.74 Å². The Balaban J connectivity index is 1.65. The van der Waals surface area contributed by atoms with Crippen LogP contribution in [0, 0.1) is 0 Å². The van der Waals surface area contributed by atoms with E-state index in [2.05, 4.69) is 24.0 Å². The molecule has 1 aliphatic heterocycles. The lowest BCUT2D eigenvalue weighted by molar-refractivity contribution is 0.110. The lowest BCUT2D eigenvalue weighted by Crippen LogP contribution is -2.42. The number of sulfonamides is 1. The average Bonchev–Trinajstić information content (AvgIpc) is 3.27. The molecule has 0 N–H and O–H groups in total. The third kappa shape index (κ3) is 5.86. The predicted molar refractivity (Wildman–Crippen MR) is 123 cm³/mol. The van der Waals surface area contributed by atoms with Gasteiger partial charge in [-0.2, -0.15) is 4.31 Å². The van der Waals surface area contributed by atoms with Gasteiger partial charge in [0, 0.05) is 38.3 Å². The Morgan fingerprint density at radius 2 is 1.77 bits per heavy atom. The van der Waals surface area contributed by atoms with Crippen LogP contribution in [0.4, 0.5) is 0 Å². The maximum absolute atomic E-state index is 13.4. The number of likely N-dealkylation sites (tertiary alicyclic amines) is 1. The first-order chi connectivity index (χ1) is 15.0. The smallest absolute Gasteiger partial charge is 0.243 e. The number of rotatable bonds is 11. The van der Waals surface area contributed by atoms with Gasteiger partial charge >= 0.3 is 0 Å². The van der Waals surface area contributed by atoms with Gasteiger partial charge in [0.15, 0.2) is 0 Å². The molecule has 3 rings (SSSR count). The van der Waals surface area contributed by atoms with Crippen LogP contribution in [0.5, 0.6) is 5.75 Å². The zero-order valence-electron chi connectivity index (χ0n) is 18.7. The number of ether oxygens (including phenoxy) is 2. The maximum atomic E-state index is 13.4. The Morgan fingerprint density at radius 1 is 1.06 bits per heavy atom. The molecule has 2 aromatic rings. The Bertz CT molecular complexity index is 903. The Hall–Kier alpha value is -1.93. The summed E-state index contributed by atoms with van der Waals surface area (Å²) < 4.78 is 39.2. The molecular formula is C24H34N2O4S. The van der Waals surface area contributed by atoms with E-state index in [9.17, 15) is 8.42 Å². The van der Waals surface area contributed by atoms with E-state index < -0.39 is 10.0 Å². The summed E-state index contributed by atoms with van der Waals surface area (Å²) >= 11 is 0. The van der Waals surface area contributed by atoms with Crippen molar-refractivity contribution in [3.05, 3.63) is 60.2 Å². The summed E-state index contributed by atoms with van der Waals surface area (Å²) in [6.45, 7) is 9.71. The van der Waals surface area contributed by atoms with Gasteiger partial charge in [0.2, 0.25) is 10.0 Å². The van der Waals surface area contributed by atoms with Crippen molar-refractivity contribution in [2.75, 3.05) is 39.5 Å². The van der Waals surface area contributed by atoms with Gasteiger partial charge in [-0.3, -0.25) is 4.90 Å². The number of hydrogen-bond donors (Lipinski definition) is 0. The van der Waals surface area contributed by atoms with Gasteiger partial charge in [-0.25, -0.2) is 8.42 Å². The van der Waals surface area contributed by atoms with Gasteiger partial charge < -0.3 is 9.47 Å². The van der Waals surface area contributed by atoms with Crippen molar-refractivity contribution in [1.82, 2.24) is 9.21 Å². The maximum Gasteiger partial charge on any atom is 0.243 e. The summed E-state index contributed by atoms with van der Waals surface area (Å²) in [6.07, 6.45) is 0.836. The fourth-order valence-electron chi connectivity index (χ4n) is 4.13. The topological polar surface area (TPSA) is 59.1 Å². The Morgan fingerprint density at radius 3 is 2.42 bits per heavy atom. The van der Waals surface area contributed by atoms with E-state index in [-0.39, 0.29) is 12.1 Å². The van der Waals surface area contributed by atoms with Crippen LogP contribution in [0.3, 0.4) is 0 Å². The van der Waals surface area contributed by atoms with Gasteiger partial charge in [0.1, 0.15) is 12.4 Å². The van der Waals surface area contributed by atoms with E-state index in [1.54, 1.807) is 28.6 Å². The molecular weight excluding hydrogens is 412 g/mol. The van der Waals surface area contributed by atoms with Gasteiger partial charge in [-0.1, -0.05) is 37.3 Å². The molecule has 6 nitrogen and oxygen atoms in total. The molecule has 0 saturated carbocycles. The van der Waals surface area contributed by atoms with Crippen molar-refractivity contribution >= 4 is 10.0 Å².